The van der Waals surface area contributed by atoms with Crippen molar-refractivity contribution in [2.75, 3.05) is 13.2 Å². The third kappa shape index (κ3) is 4.83. The molecule has 0 aliphatic heterocycles. The van der Waals surface area contributed by atoms with Gasteiger partial charge in [-0.1, -0.05) is 97.1 Å². The minimum atomic E-state index is -0.621. The topological polar surface area (TPSA) is 41.5 Å². The van der Waals surface area contributed by atoms with E-state index in [1.165, 1.54) is 11.1 Å². The molecule has 0 amide bonds. The summed E-state index contributed by atoms with van der Waals surface area (Å²) in [6.45, 7) is 0.663. The molecule has 0 saturated heterocycles. The summed E-state index contributed by atoms with van der Waals surface area (Å²) in [6.07, 6.45) is -0.621. The zero-order chi connectivity index (χ0) is 19.9. The summed E-state index contributed by atoms with van der Waals surface area (Å²) in [5.41, 5.74) is 2.33. The largest absolute Gasteiger partial charge is 0.490 e. The molecule has 4 aromatic rings. The SMILES string of the molecule is O[C@H](CNC(c1ccccc1)c1ccccc1)COc1cccc2ccccc12. The molecule has 4 rings (SSSR count). The van der Waals surface area contributed by atoms with Gasteiger partial charge in [0.25, 0.3) is 0 Å². The van der Waals surface area contributed by atoms with Crippen LogP contribution < -0.4 is 10.1 Å². The maximum absolute atomic E-state index is 10.5. The number of fused-ring (bicyclic) bond motifs is 1. The summed E-state index contributed by atoms with van der Waals surface area (Å²) in [4.78, 5) is 0. The Morgan fingerprint density at radius 3 is 1.97 bits per heavy atom. The van der Waals surface area contributed by atoms with Crippen LogP contribution >= 0.6 is 0 Å². The van der Waals surface area contributed by atoms with Gasteiger partial charge < -0.3 is 15.2 Å². The average molecular weight is 383 g/mol. The Balaban J connectivity index is 1.41. The van der Waals surface area contributed by atoms with Gasteiger partial charge in [0.15, 0.2) is 0 Å². The summed E-state index contributed by atoms with van der Waals surface area (Å²) in [7, 11) is 0. The van der Waals surface area contributed by atoms with Crippen molar-refractivity contribution < 1.29 is 9.84 Å². The molecule has 0 radical (unpaired) electrons. The molecule has 0 bridgehead atoms. The highest BCUT2D eigenvalue weighted by atomic mass is 16.5. The van der Waals surface area contributed by atoms with E-state index >= 15 is 0 Å². The molecule has 0 aliphatic carbocycles. The molecule has 0 aromatic heterocycles. The molecular weight excluding hydrogens is 358 g/mol. The lowest BCUT2D eigenvalue weighted by molar-refractivity contribution is 0.105. The highest BCUT2D eigenvalue weighted by Crippen LogP contribution is 2.25. The van der Waals surface area contributed by atoms with Gasteiger partial charge in [-0.15, -0.1) is 0 Å². The first-order valence-electron chi connectivity index (χ1n) is 9.93. The molecule has 4 aromatic carbocycles. The van der Waals surface area contributed by atoms with E-state index in [0.717, 1.165) is 16.5 Å². The number of rotatable bonds is 8. The van der Waals surface area contributed by atoms with Crippen molar-refractivity contribution in [3.05, 3.63) is 114 Å². The number of benzene rings is 4. The summed E-state index contributed by atoms with van der Waals surface area (Å²) >= 11 is 0. The van der Waals surface area contributed by atoms with Gasteiger partial charge in [-0.3, -0.25) is 0 Å². The van der Waals surface area contributed by atoms with Gasteiger partial charge in [-0.05, 0) is 22.6 Å². The number of ether oxygens (including phenoxy) is 1. The summed E-state index contributed by atoms with van der Waals surface area (Å²) in [5, 5.41) is 16.2. The predicted molar refractivity (Wildman–Crippen MR) is 118 cm³/mol. The lowest BCUT2D eigenvalue weighted by Crippen LogP contribution is -2.34. The molecule has 2 N–H and O–H groups in total. The molecule has 3 heteroatoms. The first-order chi connectivity index (χ1) is 14.3. The smallest absolute Gasteiger partial charge is 0.127 e. The molecule has 0 saturated carbocycles. The zero-order valence-electron chi connectivity index (χ0n) is 16.2. The maximum atomic E-state index is 10.5. The van der Waals surface area contributed by atoms with E-state index in [0.29, 0.717) is 6.54 Å². The van der Waals surface area contributed by atoms with Crippen LogP contribution in [0.1, 0.15) is 17.2 Å². The van der Waals surface area contributed by atoms with E-state index in [1.807, 2.05) is 66.7 Å². The fraction of sp³-hybridized carbons (Fsp3) is 0.154. The Morgan fingerprint density at radius 1 is 0.690 bits per heavy atom. The molecule has 1 atom stereocenters. The monoisotopic (exact) mass is 383 g/mol. The van der Waals surface area contributed by atoms with E-state index < -0.39 is 6.10 Å². The fourth-order valence-corrected chi connectivity index (χ4v) is 3.54. The second-order valence-electron chi connectivity index (χ2n) is 7.10. The number of aliphatic hydroxyl groups excluding tert-OH is 1. The molecule has 146 valence electrons. The Labute approximate surface area is 171 Å². The van der Waals surface area contributed by atoms with Crippen molar-refractivity contribution in [2.24, 2.45) is 0 Å². The van der Waals surface area contributed by atoms with E-state index in [9.17, 15) is 5.11 Å². The number of hydrogen-bond acceptors (Lipinski definition) is 3. The van der Waals surface area contributed by atoms with Crippen LogP contribution in [0.3, 0.4) is 0 Å². The lowest BCUT2D eigenvalue weighted by Gasteiger charge is -2.22. The van der Waals surface area contributed by atoms with E-state index in [2.05, 4.69) is 41.7 Å². The third-order valence-electron chi connectivity index (χ3n) is 5.00. The number of nitrogens with one attached hydrogen (secondary N) is 1. The van der Waals surface area contributed by atoms with Gasteiger partial charge in [0, 0.05) is 11.9 Å². The Hall–Kier alpha value is -3.14. The first-order valence-corrected chi connectivity index (χ1v) is 9.93. The quantitative estimate of drug-likeness (QED) is 0.452. The lowest BCUT2D eigenvalue weighted by atomic mass is 9.98. The molecule has 29 heavy (non-hydrogen) atoms. The molecule has 0 fully saturated rings. The van der Waals surface area contributed by atoms with Crippen LogP contribution in [0.5, 0.6) is 5.75 Å². The van der Waals surface area contributed by atoms with Crippen LogP contribution in [0.15, 0.2) is 103 Å². The van der Waals surface area contributed by atoms with Crippen molar-refractivity contribution in [2.45, 2.75) is 12.1 Å². The van der Waals surface area contributed by atoms with Crippen molar-refractivity contribution in [1.29, 1.82) is 0 Å². The van der Waals surface area contributed by atoms with Crippen LogP contribution in [0, 0.1) is 0 Å². The average Bonchev–Trinajstić information content (AvgIpc) is 2.79. The number of hydrogen-bond donors (Lipinski definition) is 2. The van der Waals surface area contributed by atoms with Crippen molar-refractivity contribution >= 4 is 10.8 Å². The standard InChI is InChI=1S/C26H25NO2/c28-23(19-29-25-17-9-15-20-10-7-8-16-24(20)25)18-27-26(21-11-3-1-4-12-21)22-13-5-2-6-14-22/h1-17,23,26-28H,18-19H2/t23-/m1/s1. The molecule has 0 unspecified atom stereocenters. The molecule has 0 aliphatic rings. The molecule has 0 spiro atoms. The minimum absolute atomic E-state index is 0.0182. The zero-order valence-corrected chi connectivity index (χ0v) is 16.2. The first kappa shape index (κ1) is 19.2. The molecular formula is C26H25NO2. The summed E-state index contributed by atoms with van der Waals surface area (Å²) < 4.78 is 5.93. The van der Waals surface area contributed by atoms with Crippen molar-refractivity contribution in [1.82, 2.24) is 5.32 Å². The predicted octanol–water partition coefficient (Wildman–Crippen LogP) is 4.96. The van der Waals surface area contributed by atoms with Gasteiger partial charge in [0.1, 0.15) is 18.5 Å². The van der Waals surface area contributed by atoms with Crippen LogP contribution in [0.4, 0.5) is 0 Å². The van der Waals surface area contributed by atoms with Crippen LogP contribution in [-0.2, 0) is 0 Å². The van der Waals surface area contributed by atoms with Crippen molar-refractivity contribution in [3.8, 4) is 5.75 Å². The van der Waals surface area contributed by atoms with Gasteiger partial charge in [0.05, 0.1) is 6.04 Å². The summed E-state index contributed by atoms with van der Waals surface area (Å²) in [5.74, 6) is 0.796. The Bertz CT molecular complexity index is 989. The van der Waals surface area contributed by atoms with E-state index in [1.54, 1.807) is 0 Å². The minimum Gasteiger partial charge on any atom is -0.490 e. The van der Waals surface area contributed by atoms with E-state index in [-0.39, 0.29) is 12.6 Å². The van der Waals surface area contributed by atoms with E-state index in [4.69, 9.17) is 4.74 Å². The highest BCUT2D eigenvalue weighted by molar-refractivity contribution is 5.88. The van der Waals surface area contributed by atoms with Crippen LogP contribution in [0.2, 0.25) is 0 Å². The Kier molecular flexibility index (Phi) is 6.20. The number of aliphatic hydroxyl groups is 1. The Morgan fingerprint density at radius 2 is 1.28 bits per heavy atom. The molecule has 3 nitrogen and oxygen atoms in total. The third-order valence-corrected chi connectivity index (χ3v) is 5.00. The normalized spacial score (nSPS) is 12.2. The second kappa shape index (κ2) is 9.37. The van der Waals surface area contributed by atoms with Gasteiger partial charge in [-0.2, -0.15) is 0 Å². The molecule has 0 heterocycles. The van der Waals surface area contributed by atoms with Gasteiger partial charge in [0.2, 0.25) is 0 Å². The second-order valence-corrected chi connectivity index (χ2v) is 7.10. The maximum Gasteiger partial charge on any atom is 0.127 e. The van der Waals surface area contributed by atoms with Crippen molar-refractivity contribution in [3.63, 3.8) is 0 Å². The highest BCUT2D eigenvalue weighted by Gasteiger charge is 2.15. The van der Waals surface area contributed by atoms with Crippen LogP contribution in [-0.4, -0.2) is 24.4 Å². The van der Waals surface area contributed by atoms with Gasteiger partial charge >= 0.3 is 0 Å². The van der Waals surface area contributed by atoms with Gasteiger partial charge in [-0.25, -0.2) is 0 Å². The fourth-order valence-electron chi connectivity index (χ4n) is 3.54. The summed E-state index contributed by atoms with van der Waals surface area (Å²) in [6, 6.07) is 34.7. The van der Waals surface area contributed by atoms with Crippen LogP contribution in [0.25, 0.3) is 10.8 Å².